The molecule has 296 valence electrons. The van der Waals surface area contributed by atoms with Crippen LogP contribution in [-0.2, 0) is 12.8 Å². The SMILES string of the molecule is CCc1cc(C)cc(CC)c1NC1c2cccc3cccc(c23)C1Nc1c(C(c2ccccc2)c2ccccc2)cc([N+](=O)[O-])cc1C(c1ccccc1)c1ccccc1. The number of non-ortho nitro benzene ring substituents is 1. The standard InChI is InChI=1S/C55H49N3O2/c1-4-37-32-36(3)33-38(5-2)52(37)56-54-45-30-18-28-43-29-19-31-46(51(43)45)55(54)57-53-47(49(39-20-10-6-11-21-39)40-22-12-7-13-23-40)34-44(58(59)60)35-48(53)50(41-24-14-8-15-25-41)42-26-16-9-17-27-42/h6-35,49-50,54-57H,4-5H2,1-3H3. The third-order valence-electron chi connectivity index (χ3n) is 12.3. The molecule has 1 aliphatic carbocycles. The summed E-state index contributed by atoms with van der Waals surface area (Å²) in [5.41, 5.74) is 14.4. The van der Waals surface area contributed by atoms with Gasteiger partial charge in [0.15, 0.2) is 0 Å². The van der Waals surface area contributed by atoms with Crippen molar-refractivity contribution in [1.82, 2.24) is 0 Å². The van der Waals surface area contributed by atoms with Crippen molar-refractivity contribution in [2.45, 2.75) is 57.5 Å². The van der Waals surface area contributed by atoms with Crippen molar-refractivity contribution in [2.24, 2.45) is 0 Å². The molecule has 0 amide bonds. The minimum Gasteiger partial charge on any atom is -0.375 e. The van der Waals surface area contributed by atoms with Crippen LogP contribution in [0.2, 0.25) is 0 Å². The molecule has 0 saturated heterocycles. The summed E-state index contributed by atoms with van der Waals surface area (Å²) in [6, 6.07) is 62.8. The highest BCUT2D eigenvalue weighted by Crippen LogP contribution is 2.52. The average Bonchev–Trinajstić information content (AvgIpc) is 3.58. The summed E-state index contributed by atoms with van der Waals surface area (Å²) in [5, 5.41) is 24.1. The molecule has 8 aromatic carbocycles. The number of hydrogen-bond acceptors (Lipinski definition) is 4. The van der Waals surface area contributed by atoms with Gasteiger partial charge < -0.3 is 10.6 Å². The lowest BCUT2D eigenvalue weighted by Crippen LogP contribution is -2.25. The molecule has 9 rings (SSSR count). The molecule has 2 N–H and O–H groups in total. The van der Waals surface area contributed by atoms with Crippen LogP contribution in [0.1, 0.15) is 99.0 Å². The third kappa shape index (κ3) is 7.21. The number of rotatable bonds is 13. The smallest absolute Gasteiger partial charge is 0.270 e. The van der Waals surface area contributed by atoms with Crippen molar-refractivity contribution in [3.05, 3.63) is 253 Å². The Balaban J connectivity index is 1.35. The van der Waals surface area contributed by atoms with E-state index in [4.69, 9.17) is 0 Å². The largest absolute Gasteiger partial charge is 0.375 e. The number of aryl methyl sites for hydroxylation is 3. The van der Waals surface area contributed by atoms with Gasteiger partial charge in [0.25, 0.3) is 5.69 Å². The summed E-state index contributed by atoms with van der Waals surface area (Å²) in [7, 11) is 0. The molecule has 0 aliphatic heterocycles. The van der Waals surface area contributed by atoms with Crippen LogP contribution in [0.4, 0.5) is 17.1 Å². The maximum Gasteiger partial charge on any atom is 0.270 e. The van der Waals surface area contributed by atoms with Crippen LogP contribution >= 0.6 is 0 Å². The molecular formula is C55H49N3O2. The fraction of sp³-hybridized carbons (Fsp3) is 0.164. The predicted molar refractivity (Wildman–Crippen MR) is 247 cm³/mol. The van der Waals surface area contributed by atoms with Gasteiger partial charge in [-0.05, 0) is 86.2 Å². The molecule has 5 nitrogen and oxygen atoms in total. The highest BCUT2D eigenvalue weighted by Gasteiger charge is 2.38. The minimum atomic E-state index is -0.317. The van der Waals surface area contributed by atoms with Crippen molar-refractivity contribution in [3.8, 4) is 0 Å². The number of hydrogen-bond donors (Lipinski definition) is 2. The second-order valence-corrected chi connectivity index (χ2v) is 16.0. The van der Waals surface area contributed by atoms with E-state index in [0.717, 1.165) is 51.9 Å². The molecule has 0 saturated carbocycles. The zero-order valence-corrected chi connectivity index (χ0v) is 34.3. The fourth-order valence-electron chi connectivity index (χ4n) is 9.68. The fourth-order valence-corrected chi connectivity index (χ4v) is 9.68. The molecule has 8 aromatic rings. The highest BCUT2D eigenvalue weighted by atomic mass is 16.6. The molecule has 0 aromatic heterocycles. The topological polar surface area (TPSA) is 67.2 Å². The molecule has 5 heteroatoms. The second-order valence-electron chi connectivity index (χ2n) is 16.0. The van der Waals surface area contributed by atoms with Gasteiger partial charge in [0.05, 0.1) is 17.0 Å². The first-order chi connectivity index (χ1) is 29.4. The van der Waals surface area contributed by atoms with E-state index in [1.807, 2.05) is 36.4 Å². The van der Waals surface area contributed by atoms with Crippen molar-refractivity contribution in [1.29, 1.82) is 0 Å². The van der Waals surface area contributed by atoms with Crippen LogP contribution in [0, 0.1) is 17.0 Å². The Morgan fingerprint density at radius 2 is 0.900 bits per heavy atom. The number of benzene rings is 8. The van der Waals surface area contributed by atoms with Crippen LogP contribution in [-0.4, -0.2) is 4.92 Å². The van der Waals surface area contributed by atoms with E-state index in [1.165, 1.54) is 44.3 Å². The van der Waals surface area contributed by atoms with E-state index in [0.29, 0.717) is 0 Å². The van der Waals surface area contributed by atoms with E-state index in [-0.39, 0.29) is 34.5 Å². The van der Waals surface area contributed by atoms with Crippen LogP contribution in [0.25, 0.3) is 10.8 Å². The maximum absolute atomic E-state index is 13.2. The third-order valence-corrected chi connectivity index (χ3v) is 12.3. The van der Waals surface area contributed by atoms with Gasteiger partial charge in [-0.3, -0.25) is 10.1 Å². The predicted octanol–water partition coefficient (Wildman–Crippen LogP) is 13.9. The summed E-state index contributed by atoms with van der Waals surface area (Å²) in [4.78, 5) is 13.0. The number of nitro groups is 1. The summed E-state index contributed by atoms with van der Waals surface area (Å²) < 4.78 is 0. The molecule has 0 heterocycles. The molecule has 0 spiro atoms. The number of nitrogens with zero attached hydrogens (tertiary/aromatic N) is 1. The molecule has 60 heavy (non-hydrogen) atoms. The van der Waals surface area contributed by atoms with Crippen molar-refractivity contribution >= 4 is 27.8 Å². The second kappa shape index (κ2) is 16.7. The molecule has 0 bridgehead atoms. The summed E-state index contributed by atoms with van der Waals surface area (Å²) >= 11 is 0. The van der Waals surface area contributed by atoms with Gasteiger partial charge >= 0.3 is 0 Å². The maximum atomic E-state index is 13.2. The first-order valence-electron chi connectivity index (χ1n) is 21.1. The van der Waals surface area contributed by atoms with Crippen LogP contribution < -0.4 is 10.6 Å². The van der Waals surface area contributed by atoms with Gasteiger partial charge in [0.1, 0.15) is 0 Å². The lowest BCUT2D eigenvalue weighted by molar-refractivity contribution is -0.385. The number of anilines is 2. The van der Waals surface area contributed by atoms with E-state index in [1.54, 1.807) is 0 Å². The summed E-state index contributed by atoms with van der Waals surface area (Å²) in [6.07, 6.45) is 1.81. The molecule has 0 radical (unpaired) electrons. The Kier molecular flexibility index (Phi) is 10.7. The van der Waals surface area contributed by atoms with Gasteiger partial charge in [0, 0.05) is 35.3 Å². The van der Waals surface area contributed by atoms with Crippen molar-refractivity contribution in [2.75, 3.05) is 10.6 Å². The molecule has 2 atom stereocenters. The Labute approximate surface area is 352 Å². The molecule has 2 unspecified atom stereocenters. The summed E-state index contributed by atoms with van der Waals surface area (Å²) in [6.45, 7) is 6.65. The van der Waals surface area contributed by atoms with Crippen molar-refractivity contribution in [3.63, 3.8) is 0 Å². The van der Waals surface area contributed by atoms with Gasteiger partial charge in [-0.2, -0.15) is 0 Å². The van der Waals surface area contributed by atoms with Crippen LogP contribution in [0.3, 0.4) is 0 Å². The minimum absolute atomic E-state index is 0.0607. The van der Waals surface area contributed by atoms with E-state index in [9.17, 15) is 10.1 Å². The first-order valence-corrected chi connectivity index (χ1v) is 21.1. The van der Waals surface area contributed by atoms with E-state index < -0.39 is 0 Å². The molecular weight excluding hydrogens is 735 g/mol. The highest BCUT2D eigenvalue weighted by molar-refractivity contribution is 5.93. The lowest BCUT2D eigenvalue weighted by atomic mass is 9.78. The average molecular weight is 784 g/mol. The first kappa shape index (κ1) is 38.5. The zero-order valence-electron chi connectivity index (χ0n) is 34.3. The van der Waals surface area contributed by atoms with Crippen LogP contribution in [0.5, 0.6) is 0 Å². The Morgan fingerprint density at radius 1 is 0.517 bits per heavy atom. The van der Waals surface area contributed by atoms with Crippen LogP contribution in [0.15, 0.2) is 182 Å². The van der Waals surface area contributed by atoms with Gasteiger partial charge in [-0.1, -0.05) is 189 Å². The Morgan fingerprint density at radius 3 is 1.27 bits per heavy atom. The Bertz CT molecular complexity index is 2570. The quantitative estimate of drug-likeness (QED) is 0.0694. The zero-order chi connectivity index (χ0) is 41.2. The monoisotopic (exact) mass is 783 g/mol. The van der Waals surface area contributed by atoms with Gasteiger partial charge in [0.2, 0.25) is 0 Å². The molecule has 1 aliphatic rings. The summed E-state index contributed by atoms with van der Waals surface area (Å²) in [5.74, 6) is -0.635. The van der Waals surface area contributed by atoms with E-state index in [2.05, 4.69) is 177 Å². The van der Waals surface area contributed by atoms with Crippen molar-refractivity contribution < 1.29 is 4.92 Å². The van der Waals surface area contributed by atoms with Gasteiger partial charge in [-0.15, -0.1) is 0 Å². The number of nitrogens with one attached hydrogen (secondary N) is 2. The van der Waals surface area contributed by atoms with Gasteiger partial charge in [-0.25, -0.2) is 0 Å². The van der Waals surface area contributed by atoms with E-state index >= 15 is 0 Å². The lowest BCUT2D eigenvalue weighted by Gasteiger charge is -2.33. The normalized spacial score (nSPS) is 14.5. The molecule has 0 fully saturated rings. The number of nitro benzene ring substituents is 1. The Hall–Kier alpha value is -6.98.